The Morgan fingerprint density at radius 1 is 1.40 bits per heavy atom. The number of aliphatic hydroxyl groups excluding tert-OH is 1. The smallest absolute Gasteiger partial charge is 0.165 e. The lowest BCUT2D eigenvalue weighted by Crippen LogP contribution is -2.34. The molecule has 0 aliphatic heterocycles. The van der Waals surface area contributed by atoms with Gasteiger partial charge in [0.25, 0.3) is 0 Å². The van der Waals surface area contributed by atoms with Crippen molar-refractivity contribution in [3.63, 3.8) is 0 Å². The van der Waals surface area contributed by atoms with Crippen molar-refractivity contribution < 1.29 is 14.2 Å². The minimum Gasteiger partial charge on any atom is -0.488 e. The fourth-order valence-corrected chi connectivity index (χ4v) is 2.77. The average Bonchev–Trinajstić information content (AvgIpc) is 2.84. The monoisotopic (exact) mass is 281 g/mol. The second-order valence-corrected chi connectivity index (χ2v) is 5.72. The van der Waals surface area contributed by atoms with E-state index in [2.05, 4.69) is 12.2 Å². The van der Waals surface area contributed by atoms with Gasteiger partial charge in [0.05, 0.1) is 0 Å². The van der Waals surface area contributed by atoms with Crippen LogP contribution in [-0.4, -0.2) is 30.9 Å². The van der Waals surface area contributed by atoms with Crippen LogP contribution in [0.1, 0.15) is 26.2 Å². The molecule has 0 radical (unpaired) electrons. The van der Waals surface area contributed by atoms with Crippen LogP contribution in [0.25, 0.3) is 0 Å². The molecule has 2 N–H and O–H groups in total. The Labute approximate surface area is 120 Å². The standard InChI is InChI=1S/C16H24FNO2/c1-12-5-4-6-13(12)9-18-10-14(19)11-20-16-8-3-2-7-15(16)17/h2-3,7-8,12-14,18-19H,4-6,9-11H2,1H3. The van der Waals surface area contributed by atoms with Gasteiger partial charge in [0, 0.05) is 6.54 Å². The number of halogens is 1. The summed E-state index contributed by atoms with van der Waals surface area (Å²) >= 11 is 0. The molecule has 1 aliphatic rings. The van der Waals surface area contributed by atoms with Gasteiger partial charge in [-0.05, 0) is 36.9 Å². The number of para-hydroxylation sites is 1. The highest BCUT2D eigenvalue weighted by Crippen LogP contribution is 2.30. The van der Waals surface area contributed by atoms with E-state index in [0.717, 1.165) is 18.4 Å². The SMILES string of the molecule is CC1CCCC1CNCC(O)COc1ccccc1F. The summed E-state index contributed by atoms with van der Waals surface area (Å²) in [5, 5.41) is 13.1. The molecule has 112 valence electrons. The lowest BCUT2D eigenvalue weighted by Gasteiger charge is -2.18. The quantitative estimate of drug-likeness (QED) is 0.807. The normalized spacial score (nSPS) is 23.8. The fourth-order valence-electron chi connectivity index (χ4n) is 2.77. The van der Waals surface area contributed by atoms with Crippen molar-refractivity contribution in [2.45, 2.75) is 32.3 Å². The molecule has 3 atom stereocenters. The zero-order valence-corrected chi connectivity index (χ0v) is 12.0. The maximum atomic E-state index is 13.3. The minimum atomic E-state index is -0.619. The van der Waals surface area contributed by atoms with E-state index in [1.807, 2.05) is 0 Å². The summed E-state index contributed by atoms with van der Waals surface area (Å²) in [5.41, 5.74) is 0. The lowest BCUT2D eigenvalue weighted by molar-refractivity contribution is 0.103. The third kappa shape index (κ3) is 4.46. The first-order valence-electron chi connectivity index (χ1n) is 7.43. The third-order valence-electron chi connectivity index (χ3n) is 4.09. The zero-order chi connectivity index (χ0) is 14.4. The Bertz CT molecular complexity index is 413. The fraction of sp³-hybridized carbons (Fsp3) is 0.625. The number of nitrogens with one attached hydrogen (secondary N) is 1. The van der Waals surface area contributed by atoms with E-state index >= 15 is 0 Å². The van der Waals surface area contributed by atoms with Gasteiger partial charge in [-0.25, -0.2) is 4.39 Å². The van der Waals surface area contributed by atoms with Crippen LogP contribution in [-0.2, 0) is 0 Å². The minimum absolute atomic E-state index is 0.105. The molecule has 0 saturated heterocycles. The molecule has 3 unspecified atom stereocenters. The largest absolute Gasteiger partial charge is 0.488 e. The van der Waals surface area contributed by atoms with E-state index in [4.69, 9.17) is 4.74 Å². The van der Waals surface area contributed by atoms with Crippen molar-refractivity contribution >= 4 is 0 Å². The first-order chi connectivity index (χ1) is 9.66. The van der Waals surface area contributed by atoms with Gasteiger partial charge in [0.1, 0.15) is 12.7 Å². The summed E-state index contributed by atoms with van der Waals surface area (Å²) in [5.74, 6) is 1.28. The van der Waals surface area contributed by atoms with Crippen LogP contribution in [0, 0.1) is 17.7 Å². The van der Waals surface area contributed by atoms with Gasteiger partial charge in [0.15, 0.2) is 11.6 Å². The van der Waals surface area contributed by atoms with Crippen LogP contribution in [0.15, 0.2) is 24.3 Å². The van der Waals surface area contributed by atoms with E-state index in [-0.39, 0.29) is 12.4 Å². The first kappa shape index (κ1) is 15.3. The molecule has 0 bridgehead atoms. The number of ether oxygens (including phenoxy) is 1. The zero-order valence-electron chi connectivity index (χ0n) is 12.0. The summed E-state index contributed by atoms with van der Waals surface area (Å²) in [6, 6.07) is 6.24. The number of rotatable bonds is 7. The number of benzene rings is 1. The highest BCUT2D eigenvalue weighted by atomic mass is 19.1. The van der Waals surface area contributed by atoms with Gasteiger partial charge in [0.2, 0.25) is 0 Å². The van der Waals surface area contributed by atoms with Gasteiger partial charge < -0.3 is 15.2 Å². The van der Waals surface area contributed by atoms with Crippen LogP contribution in [0.2, 0.25) is 0 Å². The Morgan fingerprint density at radius 2 is 2.20 bits per heavy atom. The average molecular weight is 281 g/mol. The molecular formula is C16H24FNO2. The van der Waals surface area contributed by atoms with Crippen molar-refractivity contribution in [3.8, 4) is 5.75 Å². The Kier molecular flexibility index (Phi) is 5.80. The molecule has 0 spiro atoms. The van der Waals surface area contributed by atoms with Crippen molar-refractivity contribution in [1.29, 1.82) is 0 Å². The molecule has 0 heterocycles. The molecule has 1 fully saturated rings. The molecule has 20 heavy (non-hydrogen) atoms. The number of hydrogen-bond donors (Lipinski definition) is 2. The van der Waals surface area contributed by atoms with Gasteiger partial charge in [-0.1, -0.05) is 31.9 Å². The number of aliphatic hydroxyl groups is 1. The predicted octanol–water partition coefficient (Wildman–Crippen LogP) is 2.59. The summed E-state index contributed by atoms with van der Waals surface area (Å²) < 4.78 is 18.6. The molecule has 1 aliphatic carbocycles. The molecule has 2 rings (SSSR count). The molecular weight excluding hydrogens is 257 g/mol. The summed E-state index contributed by atoms with van der Waals surface area (Å²) in [4.78, 5) is 0. The maximum Gasteiger partial charge on any atom is 0.165 e. The van der Waals surface area contributed by atoms with Crippen molar-refractivity contribution in [1.82, 2.24) is 5.32 Å². The molecule has 1 aromatic carbocycles. The summed E-state index contributed by atoms with van der Waals surface area (Å²) in [7, 11) is 0. The second-order valence-electron chi connectivity index (χ2n) is 5.72. The second kappa shape index (κ2) is 7.60. The highest BCUT2D eigenvalue weighted by Gasteiger charge is 2.22. The van der Waals surface area contributed by atoms with Gasteiger partial charge in [-0.2, -0.15) is 0 Å². The van der Waals surface area contributed by atoms with Gasteiger partial charge in [-0.3, -0.25) is 0 Å². The Hall–Kier alpha value is -1.13. The number of hydrogen-bond acceptors (Lipinski definition) is 3. The molecule has 0 aromatic heterocycles. The maximum absolute atomic E-state index is 13.3. The van der Waals surface area contributed by atoms with Crippen molar-refractivity contribution in [3.05, 3.63) is 30.1 Å². The molecule has 1 saturated carbocycles. The van der Waals surface area contributed by atoms with Gasteiger partial charge in [-0.15, -0.1) is 0 Å². The van der Waals surface area contributed by atoms with Gasteiger partial charge >= 0.3 is 0 Å². The molecule has 3 nitrogen and oxygen atoms in total. The highest BCUT2D eigenvalue weighted by molar-refractivity contribution is 5.23. The van der Waals surface area contributed by atoms with E-state index in [9.17, 15) is 9.50 Å². The van der Waals surface area contributed by atoms with Crippen LogP contribution < -0.4 is 10.1 Å². The molecule has 4 heteroatoms. The van der Waals surface area contributed by atoms with Crippen molar-refractivity contribution in [2.75, 3.05) is 19.7 Å². The van der Waals surface area contributed by atoms with Crippen LogP contribution in [0.3, 0.4) is 0 Å². The van der Waals surface area contributed by atoms with Crippen LogP contribution >= 0.6 is 0 Å². The molecule has 0 amide bonds. The predicted molar refractivity (Wildman–Crippen MR) is 77.3 cm³/mol. The summed E-state index contributed by atoms with van der Waals surface area (Å²) in [6.07, 6.45) is 3.28. The lowest BCUT2D eigenvalue weighted by atomic mass is 9.98. The van der Waals surface area contributed by atoms with E-state index in [1.54, 1.807) is 18.2 Å². The van der Waals surface area contributed by atoms with Crippen LogP contribution in [0.5, 0.6) is 5.75 Å². The Balaban J connectivity index is 1.63. The van der Waals surface area contributed by atoms with Crippen LogP contribution in [0.4, 0.5) is 4.39 Å². The Morgan fingerprint density at radius 3 is 2.90 bits per heavy atom. The van der Waals surface area contributed by atoms with E-state index in [1.165, 1.54) is 25.3 Å². The third-order valence-corrected chi connectivity index (χ3v) is 4.09. The van der Waals surface area contributed by atoms with E-state index in [0.29, 0.717) is 6.54 Å². The topological polar surface area (TPSA) is 41.5 Å². The van der Waals surface area contributed by atoms with Crippen molar-refractivity contribution in [2.24, 2.45) is 11.8 Å². The summed E-state index contributed by atoms with van der Waals surface area (Å²) in [6.45, 7) is 3.82. The van der Waals surface area contributed by atoms with E-state index < -0.39 is 11.9 Å². The molecule has 1 aromatic rings. The first-order valence-corrected chi connectivity index (χ1v) is 7.43.